The first-order valence-electron chi connectivity index (χ1n) is 10.4. The lowest BCUT2D eigenvalue weighted by Gasteiger charge is -2.36. The smallest absolute Gasteiger partial charge is 0.319 e. The summed E-state index contributed by atoms with van der Waals surface area (Å²) >= 11 is 5.93. The number of halogens is 1. The number of nitrogens with one attached hydrogen (secondary N) is 3. The average Bonchev–Trinajstić information content (AvgIpc) is 2.74. The van der Waals surface area contributed by atoms with Gasteiger partial charge in [-0.2, -0.15) is 0 Å². The van der Waals surface area contributed by atoms with Gasteiger partial charge in [0.05, 0.1) is 23.6 Å². The van der Waals surface area contributed by atoms with Crippen molar-refractivity contribution in [2.45, 2.75) is 49.3 Å². The summed E-state index contributed by atoms with van der Waals surface area (Å²) in [7, 11) is -3.60. The summed E-state index contributed by atoms with van der Waals surface area (Å²) in [6.45, 7) is 1.71. The van der Waals surface area contributed by atoms with Gasteiger partial charge in [0.25, 0.3) is 0 Å². The second kappa shape index (κ2) is 11.1. The molecule has 174 valence electrons. The maximum Gasteiger partial charge on any atom is 0.319 e. The van der Waals surface area contributed by atoms with Crippen molar-refractivity contribution in [3.05, 3.63) is 59.1 Å². The number of hydrogen-bond acceptors (Lipinski definition) is 5. The molecule has 1 aliphatic heterocycles. The van der Waals surface area contributed by atoms with Gasteiger partial charge in [-0.05, 0) is 56.0 Å². The number of aliphatic hydroxyl groups is 1. The molecule has 1 aliphatic rings. The Morgan fingerprint density at radius 1 is 1.19 bits per heavy atom. The summed E-state index contributed by atoms with van der Waals surface area (Å²) in [6.07, 6.45) is 0.893. The maximum atomic E-state index is 12.5. The van der Waals surface area contributed by atoms with E-state index < -0.39 is 22.2 Å². The zero-order chi connectivity index (χ0) is 23.1. The van der Waals surface area contributed by atoms with E-state index in [2.05, 4.69) is 15.4 Å². The van der Waals surface area contributed by atoms with Crippen LogP contribution < -0.4 is 15.4 Å². The fraction of sp³-hybridized carbons (Fsp3) is 0.409. The standard InChI is InChI=1S/C22H28ClN3O5S/c1-15-5-2-3-8-21(15)32(29,30)24-12-11-18-9-10-19(20(14-27)31-18)26-22(28)25-17-7-4-6-16(23)13-17/h2-8,13,18-20,24,27H,9-12,14H2,1H3,(H2,25,26,28)/t18-,19-,20-/m0/s1. The molecule has 4 N–H and O–H groups in total. The molecule has 0 aromatic heterocycles. The summed E-state index contributed by atoms with van der Waals surface area (Å²) < 4.78 is 33.5. The van der Waals surface area contributed by atoms with Crippen molar-refractivity contribution in [3.63, 3.8) is 0 Å². The minimum absolute atomic E-state index is 0.215. The number of rotatable bonds is 8. The van der Waals surface area contributed by atoms with E-state index in [0.717, 1.165) is 0 Å². The number of aliphatic hydroxyl groups excluding tert-OH is 1. The Kier molecular flexibility index (Phi) is 8.50. The van der Waals surface area contributed by atoms with Crippen LogP contribution in [-0.2, 0) is 14.8 Å². The fourth-order valence-electron chi connectivity index (χ4n) is 3.70. The minimum Gasteiger partial charge on any atom is -0.394 e. The highest BCUT2D eigenvalue weighted by Gasteiger charge is 2.32. The van der Waals surface area contributed by atoms with Crippen molar-refractivity contribution in [2.75, 3.05) is 18.5 Å². The summed E-state index contributed by atoms with van der Waals surface area (Å²) in [5, 5.41) is 15.8. The number of ether oxygens (including phenoxy) is 1. The van der Waals surface area contributed by atoms with E-state index in [9.17, 15) is 18.3 Å². The van der Waals surface area contributed by atoms with Crippen LogP contribution in [0.2, 0.25) is 5.02 Å². The predicted octanol–water partition coefficient (Wildman–Crippen LogP) is 3.05. The van der Waals surface area contributed by atoms with Crippen molar-refractivity contribution in [2.24, 2.45) is 0 Å². The fourth-order valence-corrected chi connectivity index (χ4v) is 5.18. The van der Waals surface area contributed by atoms with E-state index in [4.69, 9.17) is 16.3 Å². The quantitative estimate of drug-likeness (QED) is 0.462. The SMILES string of the molecule is Cc1ccccc1S(=O)(=O)NCC[C@@H]1CC[C@H](NC(=O)Nc2cccc(Cl)c2)[C@H](CO)O1. The molecule has 0 spiro atoms. The molecule has 2 amide bonds. The molecular weight excluding hydrogens is 454 g/mol. The molecule has 0 radical (unpaired) electrons. The minimum atomic E-state index is -3.60. The number of carbonyl (C=O) groups excluding carboxylic acids is 1. The van der Waals surface area contributed by atoms with Crippen molar-refractivity contribution in [1.29, 1.82) is 0 Å². The van der Waals surface area contributed by atoms with Crippen molar-refractivity contribution < 1.29 is 23.1 Å². The van der Waals surface area contributed by atoms with Crippen molar-refractivity contribution in [3.8, 4) is 0 Å². The molecule has 0 saturated carbocycles. The second-order valence-electron chi connectivity index (χ2n) is 7.72. The van der Waals surface area contributed by atoms with Gasteiger partial charge in [-0.3, -0.25) is 0 Å². The molecule has 0 unspecified atom stereocenters. The van der Waals surface area contributed by atoms with E-state index in [-0.39, 0.29) is 30.2 Å². The van der Waals surface area contributed by atoms with Crippen LogP contribution in [0.15, 0.2) is 53.4 Å². The van der Waals surface area contributed by atoms with Gasteiger partial charge in [0.2, 0.25) is 10.0 Å². The van der Waals surface area contributed by atoms with Gasteiger partial charge in [-0.15, -0.1) is 0 Å². The number of aryl methyl sites for hydroxylation is 1. The third-order valence-electron chi connectivity index (χ3n) is 5.34. The first-order valence-corrected chi connectivity index (χ1v) is 12.3. The monoisotopic (exact) mass is 481 g/mol. The Morgan fingerprint density at radius 2 is 1.97 bits per heavy atom. The van der Waals surface area contributed by atoms with Crippen LogP contribution in [0.3, 0.4) is 0 Å². The molecule has 3 rings (SSSR count). The summed E-state index contributed by atoms with van der Waals surface area (Å²) in [4.78, 5) is 12.6. The molecule has 0 bridgehead atoms. The Bertz CT molecular complexity index is 1030. The molecule has 2 aromatic rings. The predicted molar refractivity (Wildman–Crippen MR) is 123 cm³/mol. The number of sulfonamides is 1. The van der Waals surface area contributed by atoms with E-state index in [0.29, 0.717) is 35.5 Å². The summed E-state index contributed by atoms with van der Waals surface area (Å²) in [5.41, 5.74) is 1.24. The topological polar surface area (TPSA) is 117 Å². The van der Waals surface area contributed by atoms with Crippen LogP contribution >= 0.6 is 11.6 Å². The van der Waals surface area contributed by atoms with E-state index in [1.807, 2.05) is 0 Å². The van der Waals surface area contributed by atoms with Crippen LogP contribution in [0.4, 0.5) is 10.5 Å². The maximum absolute atomic E-state index is 12.5. The van der Waals surface area contributed by atoms with Crippen LogP contribution in [0.5, 0.6) is 0 Å². The van der Waals surface area contributed by atoms with E-state index in [1.165, 1.54) is 0 Å². The van der Waals surface area contributed by atoms with Crippen LogP contribution in [-0.4, -0.2) is 51.0 Å². The zero-order valence-electron chi connectivity index (χ0n) is 17.8. The number of benzene rings is 2. The molecule has 1 heterocycles. The molecule has 0 aliphatic carbocycles. The number of amides is 2. The van der Waals surface area contributed by atoms with Crippen LogP contribution in [0.1, 0.15) is 24.8 Å². The molecule has 3 atom stereocenters. The van der Waals surface area contributed by atoms with Gasteiger partial charge in [0.1, 0.15) is 6.10 Å². The second-order valence-corrected chi connectivity index (χ2v) is 9.90. The lowest BCUT2D eigenvalue weighted by molar-refractivity contribution is -0.0884. The van der Waals surface area contributed by atoms with Gasteiger partial charge in [-0.25, -0.2) is 17.9 Å². The highest BCUT2D eigenvalue weighted by atomic mass is 35.5. The molecule has 2 aromatic carbocycles. The lowest BCUT2D eigenvalue weighted by Crippen LogP contribution is -2.52. The highest BCUT2D eigenvalue weighted by molar-refractivity contribution is 7.89. The molecule has 1 saturated heterocycles. The van der Waals surface area contributed by atoms with Gasteiger partial charge >= 0.3 is 6.03 Å². The Balaban J connectivity index is 1.47. The molecule has 8 nitrogen and oxygen atoms in total. The largest absolute Gasteiger partial charge is 0.394 e. The summed E-state index contributed by atoms with van der Waals surface area (Å²) in [5.74, 6) is 0. The van der Waals surface area contributed by atoms with Gasteiger partial charge in [0.15, 0.2) is 0 Å². The van der Waals surface area contributed by atoms with Crippen molar-refractivity contribution >= 4 is 33.3 Å². The zero-order valence-corrected chi connectivity index (χ0v) is 19.3. The Morgan fingerprint density at radius 3 is 2.69 bits per heavy atom. The lowest BCUT2D eigenvalue weighted by atomic mass is 9.97. The normalized spacial score (nSPS) is 21.2. The molecule has 10 heteroatoms. The van der Waals surface area contributed by atoms with Crippen LogP contribution in [0, 0.1) is 6.92 Å². The third kappa shape index (κ3) is 6.66. The number of anilines is 1. The van der Waals surface area contributed by atoms with Crippen molar-refractivity contribution in [1.82, 2.24) is 10.0 Å². The molecular formula is C22H28ClN3O5S. The number of carbonyl (C=O) groups is 1. The number of hydrogen-bond donors (Lipinski definition) is 4. The molecule has 32 heavy (non-hydrogen) atoms. The van der Waals surface area contributed by atoms with Gasteiger partial charge < -0.3 is 20.5 Å². The highest BCUT2D eigenvalue weighted by Crippen LogP contribution is 2.23. The van der Waals surface area contributed by atoms with Crippen LogP contribution in [0.25, 0.3) is 0 Å². The van der Waals surface area contributed by atoms with E-state index in [1.54, 1.807) is 55.5 Å². The molecule has 1 fully saturated rings. The first-order chi connectivity index (χ1) is 15.3. The number of urea groups is 1. The van der Waals surface area contributed by atoms with E-state index >= 15 is 0 Å². The van der Waals surface area contributed by atoms with Gasteiger partial charge in [-0.1, -0.05) is 35.9 Å². The Hall–Kier alpha value is -2.17. The average molecular weight is 482 g/mol. The van der Waals surface area contributed by atoms with Gasteiger partial charge in [0, 0.05) is 17.3 Å². The first kappa shape index (κ1) is 24.5. The Labute approximate surface area is 193 Å². The summed E-state index contributed by atoms with van der Waals surface area (Å²) in [6, 6.07) is 12.8. The third-order valence-corrected chi connectivity index (χ3v) is 7.19.